The molecular formula is C13H18N4. The van der Waals surface area contributed by atoms with Crippen molar-refractivity contribution in [2.75, 3.05) is 5.73 Å². The molecule has 2 N–H and O–H groups in total. The van der Waals surface area contributed by atoms with E-state index < -0.39 is 0 Å². The standard InChI is InChI=1S/C13H18N4/c14-11-7-15-17-12(16-11)13-4-8-1-9(5-13)3-10(2-8)6-13/h7-10H,1-6H2,(H2,14,16,17). The van der Waals surface area contributed by atoms with E-state index in [0.717, 1.165) is 23.6 Å². The maximum absolute atomic E-state index is 5.76. The Balaban J connectivity index is 1.77. The van der Waals surface area contributed by atoms with Crippen LogP contribution in [0.5, 0.6) is 0 Å². The first-order valence-corrected chi connectivity index (χ1v) is 6.69. The molecule has 0 atom stereocenters. The summed E-state index contributed by atoms with van der Waals surface area (Å²) in [6.07, 6.45) is 9.67. The van der Waals surface area contributed by atoms with Gasteiger partial charge in [-0.3, -0.25) is 0 Å². The number of anilines is 1. The Morgan fingerprint density at radius 3 is 2.18 bits per heavy atom. The average molecular weight is 230 g/mol. The zero-order valence-electron chi connectivity index (χ0n) is 9.97. The van der Waals surface area contributed by atoms with Crippen LogP contribution in [0.2, 0.25) is 0 Å². The minimum absolute atomic E-state index is 0.219. The number of aromatic nitrogens is 3. The van der Waals surface area contributed by atoms with Crippen molar-refractivity contribution in [3.05, 3.63) is 12.0 Å². The van der Waals surface area contributed by atoms with Gasteiger partial charge in [0.2, 0.25) is 0 Å². The largest absolute Gasteiger partial charge is 0.382 e. The van der Waals surface area contributed by atoms with Gasteiger partial charge < -0.3 is 5.73 Å². The maximum Gasteiger partial charge on any atom is 0.159 e. The van der Waals surface area contributed by atoms with E-state index >= 15 is 0 Å². The van der Waals surface area contributed by atoms with Crippen LogP contribution < -0.4 is 5.73 Å². The van der Waals surface area contributed by atoms with Gasteiger partial charge in [0.05, 0.1) is 6.20 Å². The van der Waals surface area contributed by atoms with Gasteiger partial charge in [-0.15, -0.1) is 5.10 Å². The van der Waals surface area contributed by atoms with E-state index in [2.05, 4.69) is 15.2 Å². The zero-order chi connectivity index (χ0) is 11.5. The molecule has 4 bridgehead atoms. The number of nitrogens with zero attached hydrogens (tertiary/aromatic N) is 3. The highest BCUT2D eigenvalue weighted by Crippen LogP contribution is 2.59. The van der Waals surface area contributed by atoms with Crippen molar-refractivity contribution in [1.29, 1.82) is 0 Å². The average Bonchev–Trinajstić information content (AvgIpc) is 2.27. The van der Waals surface area contributed by atoms with Crippen LogP contribution >= 0.6 is 0 Å². The van der Waals surface area contributed by atoms with E-state index in [1.165, 1.54) is 38.5 Å². The molecule has 1 heterocycles. The third-order valence-electron chi connectivity index (χ3n) is 5.09. The third-order valence-corrected chi connectivity index (χ3v) is 5.09. The van der Waals surface area contributed by atoms with Crippen LogP contribution in [0, 0.1) is 17.8 Å². The molecule has 0 amide bonds. The normalized spacial score (nSPS) is 42.9. The van der Waals surface area contributed by atoms with Gasteiger partial charge in [0, 0.05) is 5.41 Å². The van der Waals surface area contributed by atoms with Crippen LogP contribution in [0.4, 0.5) is 5.82 Å². The predicted molar refractivity (Wildman–Crippen MR) is 64.1 cm³/mol. The molecule has 17 heavy (non-hydrogen) atoms. The fraction of sp³-hybridized carbons (Fsp3) is 0.769. The smallest absolute Gasteiger partial charge is 0.159 e. The summed E-state index contributed by atoms with van der Waals surface area (Å²) in [4.78, 5) is 4.47. The Morgan fingerprint density at radius 2 is 1.65 bits per heavy atom. The first-order chi connectivity index (χ1) is 8.23. The van der Waals surface area contributed by atoms with Crippen molar-refractivity contribution in [1.82, 2.24) is 15.2 Å². The number of nitrogen functional groups attached to an aromatic ring is 1. The molecule has 4 aliphatic carbocycles. The van der Waals surface area contributed by atoms with Crippen molar-refractivity contribution in [2.24, 2.45) is 17.8 Å². The van der Waals surface area contributed by atoms with Crippen LogP contribution in [0.3, 0.4) is 0 Å². The number of rotatable bonds is 1. The van der Waals surface area contributed by atoms with E-state index in [0.29, 0.717) is 5.82 Å². The van der Waals surface area contributed by atoms with Gasteiger partial charge in [0.25, 0.3) is 0 Å². The monoisotopic (exact) mass is 230 g/mol. The van der Waals surface area contributed by atoms with Crippen molar-refractivity contribution >= 4 is 5.82 Å². The Bertz CT molecular complexity index is 421. The molecule has 4 aliphatic rings. The van der Waals surface area contributed by atoms with Crippen LogP contribution in [0.15, 0.2) is 6.20 Å². The second-order valence-electron chi connectivity index (χ2n) is 6.40. The molecule has 0 aromatic carbocycles. The van der Waals surface area contributed by atoms with Crippen LogP contribution in [0.1, 0.15) is 44.3 Å². The SMILES string of the molecule is Nc1cnnc(C23CC4CC(CC(C4)C2)C3)n1. The number of hydrogen-bond donors (Lipinski definition) is 1. The Morgan fingerprint density at radius 1 is 1.06 bits per heavy atom. The minimum atomic E-state index is 0.219. The van der Waals surface area contributed by atoms with Crippen molar-refractivity contribution in [2.45, 2.75) is 43.9 Å². The molecule has 0 aliphatic heterocycles. The fourth-order valence-electron chi connectivity index (χ4n) is 4.93. The maximum atomic E-state index is 5.76. The summed E-state index contributed by atoms with van der Waals surface area (Å²) in [5, 5.41) is 8.29. The summed E-state index contributed by atoms with van der Waals surface area (Å²) in [6, 6.07) is 0. The van der Waals surface area contributed by atoms with Crippen molar-refractivity contribution in [3.63, 3.8) is 0 Å². The summed E-state index contributed by atoms with van der Waals surface area (Å²) in [6.45, 7) is 0. The second kappa shape index (κ2) is 3.18. The molecular weight excluding hydrogens is 212 g/mol. The molecule has 4 nitrogen and oxygen atoms in total. The van der Waals surface area contributed by atoms with E-state index in [1.54, 1.807) is 6.20 Å². The summed E-state index contributed by atoms with van der Waals surface area (Å²) in [5.74, 6) is 4.17. The molecule has 0 spiro atoms. The molecule has 1 aromatic rings. The molecule has 0 saturated heterocycles. The summed E-state index contributed by atoms with van der Waals surface area (Å²) in [5.41, 5.74) is 5.98. The third kappa shape index (κ3) is 1.39. The predicted octanol–water partition coefficient (Wildman–Crippen LogP) is 1.92. The van der Waals surface area contributed by atoms with E-state index in [9.17, 15) is 0 Å². The van der Waals surface area contributed by atoms with Crippen molar-refractivity contribution in [3.8, 4) is 0 Å². The highest BCUT2D eigenvalue weighted by Gasteiger charge is 2.53. The lowest BCUT2D eigenvalue weighted by Crippen LogP contribution is -2.49. The van der Waals surface area contributed by atoms with Gasteiger partial charge in [-0.25, -0.2) is 4.98 Å². The van der Waals surface area contributed by atoms with E-state index in [-0.39, 0.29) is 5.41 Å². The molecule has 4 heteroatoms. The van der Waals surface area contributed by atoms with Gasteiger partial charge in [-0.1, -0.05) is 0 Å². The second-order valence-corrected chi connectivity index (χ2v) is 6.40. The summed E-state index contributed by atoms with van der Waals surface area (Å²) < 4.78 is 0. The Labute approximate surface area is 101 Å². The Kier molecular flexibility index (Phi) is 1.83. The first-order valence-electron chi connectivity index (χ1n) is 6.69. The van der Waals surface area contributed by atoms with Gasteiger partial charge >= 0.3 is 0 Å². The molecule has 4 fully saturated rings. The molecule has 90 valence electrons. The lowest BCUT2D eigenvalue weighted by atomic mass is 9.49. The van der Waals surface area contributed by atoms with Gasteiger partial charge in [-0.05, 0) is 56.3 Å². The van der Waals surface area contributed by atoms with Gasteiger partial charge in [0.15, 0.2) is 5.82 Å². The highest BCUT2D eigenvalue weighted by molar-refractivity contribution is 5.26. The highest BCUT2D eigenvalue weighted by atomic mass is 15.2. The molecule has 5 rings (SSSR count). The van der Waals surface area contributed by atoms with E-state index in [1.807, 2.05) is 0 Å². The number of nitrogens with two attached hydrogens (primary N) is 1. The summed E-state index contributed by atoms with van der Waals surface area (Å²) >= 11 is 0. The summed E-state index contributed by atoms with van der Waals surface area (Å²) in [7, 11) is 0. The lowest BCUT2D eigenvalue weighted by Gasteiger charge is -2.55. The Hall–Kier alpha value is -1.19. The van der Waals surface area contributed by atoms with Crippen LogP contribution in [0.25, 0.3) is 0 Å². The topological polar surface area (TPSA) is 64.7 Å². The molecule has 0 unspecified atom stereocenters. The van der Waals surface area contributed by atoms with Crippen LogP contribution in [-0.2, 0) is 5.41 Å². The first kappa shape index (κ1) is 9.80. The molecule has 4 saturated carbocycles. The van der Waals surface area contributed by atoms with E-state index in [4.69, 9.17) is 5.73 Å². The quantitative estimate of drug-likeness (QED) is 0.800. The number of hydrogen-bond acceptors (Lipinski definition) is 4. The fourth-order valence-corrected chi connectivity index (χ4v) is 4.93. The minimum Gasteiger partial charge on any atom is -0.382 e. The van der Waals surface area contributed by atoms with Gasteiger partial charge in [-0.2, -0.15) is 5.10 Å². The zero-order valence-corrected chi connectivity index (χ0v) is 9.97. The van der Waals surface area contributed by atoms with Gasteiger partial charge in [0.1, 0.15) is 5.82 Å². The lowest BCUT2D eigenvalue weighted by molar-refractivity contribution is -0.00978. The molecule has 1 aromatic heterocycles. The van der Waals surface area contributed by atoms with Crippen LogP contribution in [-0.4, -0.2) is 15.2 Å². The molecule has 0 radical (unpaired) electrons. The van der Waals surface area contributed by atoms with Crippen molar-refractivity contribution < 1.29 is 0 Å².